The number of hydrogen-bond acceptors (Lipinski definition) is 5. The number of allylic oxidation sites excluding steroid dienone is 3. The van der Waals surface area contributed by atoms with Gasteiger partial charge >= 0.3 is 5.97 Å². The second-order valence-corrected chi connectivity index (χ2v) is 6.57. The van der Waals surface area contributed by atoms with Crippen molar-refractivity contribution in [2.45, 2.75) is 64.5 Å². The molecule has 1 unspecified atom stereocenters. The lowest BCUT2D eigenvalue weighted by Gasteiger charge is -2.19. The van der Waals surface area contributed by atoms with Crippen LogP contribution in [0.4, 0.5) is 4.39 Å². The Hall–Kier alpha value is -1.92. The SMILES string of the molecule is BC1=C(OC)C(=O)C(CCCCCCCCC(F)C(=O)OC)=C(C)C1=O. The first-order chi connectivity index (χ1) is 12.3. The zero-order valence-electron chi connectivity index (χ0n) is 16.2. The molecule has 0 heterocycles. The second-order valence-electron chi connectivity index (χ2n) is 6.57. The van der Waals surface area contributed by atoms with Crippen LogP contribution in [-0.2, 0) is 23.9 Å². The van der Waals surface area contributed by atoms with Gasteiger partial charge in [0.15, 0.2) is 17.7 Å². The Bertz CT molecular complexity index is 609. The fraction of sp³-hybridized carbons (Fsp3) is 0.632. The molecule has 0 bridgehead atoms. The van der Waals surface area contributed by atoms with Gasteiger partial charge in [0.05, 0.1) is 14.2 Å². The zero-order valence-corrected chi connectivity index (χ0v) is 16.2. The zero-order chi connectivity index (χ0) is 19.7. The van der Waals surface area contributed by atoms with Crippen molar-refractivity contribution < 1.29 is 28.2 Å². The van der Waals surface area contributed by atoms with Gasteiger partial charge in [-0.25, -0.2) is 9.18 Å². The first-order valence-corrected chi connectivity index (χ1v) is 9.11. The highest BCUT2D eigenvalue weighted by atomic mass is 19.1. The summed E-state index contributed by atoms with van der Waals surface area (Å²) in [6.45, 7) is 1.69. The molecule has 144 valence electrons. The summed E-state index contributed by atoms with van der Waals surface area (Å²) in [5, 5.41) is 0. The van der Waals surface area contributed by atoms with Gasteiger partial charge in [0.2, 0.25) is 5.78 Å². The molecular weight excluding hydrogens is 338 g/mol. The van der Waals surface area contributed by atoms with E-state index in [2.05, 4.69) is 4.74 Å². The average Bonchev–Trinajstić information content (AvgIpc) is 2.64. The van der Waals surface area contributed by atoms with Crippen molar-refractivity contribution in [2.24, 2.45) is 0 Å². The molecule has 0 aliphatic heterocycles. The van der Waals surface area contributed by atoms with Gasteiger partial charge in [0.1, 0.15) is 7.85 Å². The summed E-state index contributed by atoms with van der Waals surface area (Å²) in [7, 11) is 4.20. The molecule has 0 saturated carbocycles. The maximum atomic E-state index is 13.3. The number of hydrogen-bond donors (Lipinski definition) is 0. The maximum absolute atomic E-state index is 13.3. The van der Waals surface area contributed by atoms with E-state index in [4.69, 9.17) is 4.74 Å². The van der Waals surface area contributed by atoms with Crippen LogP contribution in [-0.4, -0.2) is 45.8 Å². The van der Waals surface area contributed by atoms with Crippen molar-refractivity contribution in [2.75, 3.05) is 14.2 Å². The third-order valence-corrected chi connectivity index (χ3v) is 4.75. The molecule has 0 spiro atoms. The Morgan fingerprint density at radius 1 is 1.04 bits per heavy atom. The molecule has 0 saturated heterocycles. The van der Waals surface area contributed by atoms with Gasteiger partial charge in [-0.15, -0.1) is 0 Å². The molecule has 0 N–H and O–H groups in total. The largest absolute Gasteiger partial charge is 0.493 e. The van der Waals surface area contributed by atoms with Gasteiger partial charge in [0.25, 0.3) is 0 Å². The minimum atomic E-state index is -1.53. The minimum Gasteiger partial charge on any atom is -0.493 e. The Labute approximate surface area is 155 Å². The Balaban J connectivity index is 2.29. The van der Waals surface area contributed by atoms with Crippen LogP contribution in [0.25, 0.3) is 0 Å². The highest BCUT2D eigenvalue weighted by Gasteiger charge is 2.30. The van der Waals surface area contributed by atoms with Crippen LogP contribution in [0.1, 0.15) is 58.3 Å². The van der Waals surface area contributed by atoms with Crippen LogP contribution in [0.2, 0.25) is 0 Å². The second kappa shape index (κ2) is 10.9. The van der Waals surface area contributed by atoms with E-state index >= 15 is 0 Å². The summed E-state index contributed by atoms with van der Waals surface area (Å²) < 4.78 is 22.7. The number of unbranched alkanes of at least 4 members (excludes halogenated alkanes) is 5. The molecule has 1 aliphatic rings. The van der Waals surface area contributed by atoms with E-state index in [-0.39, 0.29) is 23.7 Å². The van der Waals surface area contributed by atoms with Crippen LogP contribution < -0.4 is 0 Å². The van der Waals surface area contributed by atoms with Gasteiger partial charge in [-0.1, -0.05) is 25.7 Å². The number of Topliss-reactive ketones (excluding diaryl/α,β-unsaturated/α-hetero) is 2. The molecule has 26 heavy (non-hydrogen) atoms. The van der Waals surface area contributed by atoms with Crippen molar-refractivity contribution in [1.82, 2.24) is 0 Å². The van der Waals surface area contributed by atoms with Crippen molar-refractivity contribution >= 4 is 25.4 Å². The van der Waals surface area contributed by atoms with E-state index in [1.165, 1.54) is 14.2 Å². The number of esters is 1. The normalized spacial score (nSPS) is 16.2. The maximum Gasteiger partial charge on any atom is 0.340 e. The van der Waals surface area contributed by atoms with Crippen LogP contribution in [0.3, 0.4) is 0 Å². The third-order valence-electron chi connectivity index (χ3n) is 4.75. The molecule has 7 heteroatoms. The number of methoxy groups -OCH3 is 2. The summed E-state index contributed by atoms with van der Waals surface area (Å²) in [5.74, 6) is -0.955. The van der Waals surface area contributed by atoms with Crippen LogP contribution in [0.5, 0.6) is 0 Å². The molecule has 0 amide bonds. The number of ketones is 2. The predicted octanol–water partition coefficient (Wildman–Crippen LogP) is 2.58. The number of carbonyl (C=O) groups is 3. The number of rotatable bonds is 11. The molecule has 0 fully saturated rings. The van der Waals surface area contributed by atoms with Gasteiger partial charge in [-0.05, 0) is 32.6 Å². The molecular formula is C19H28BFO5. The molecule has 1 aliphatic carbocycles. The number of ether oxygens (including phenoxy) is 2. The van der Waals surface area contributed by atoms with E-state index in [0.29, 0.717) is 29.5 Å². The predicted molar refractivity (Wildman–Crippen MR) is 99.1 cm³/mol. The first-order valence-electron chi connectivity index (χ1n) is 9.11. The van der Waals surface area contributed by atoms with Crippen LogP contribution in [0.15, 0.2) is 22.4 Å². The molecule has 0 radical (unpaired) electrons. The lowest BCUT2D eigenvalue weighted by atomic mass is 9.78. The van der Waals surface area contributed by atoms with Crippen molar-refractivity contribution in [3.63, 3.8) is 0 Å². The standard InChI is InChI=1S/C19H28BFO5/c1-12-13(17(23)18(25-2)15(20)16(12)22)10-8-6-4-5-7-9-11-14(21)19(24)26-3/h14H,4-11,20H2,1-3H3. The molecule has 1 rings (SSSR count). The number of carbonyl (C=O) groups excluding carboxylic acids is 3. The third kappa shape index (κ3) is 5.82. The minimum absolute atomic E-state index is 0.122. The lowest BCUT2D eigenvalue weighted by molar-refractivity contribution is -0.146. The monoisotopic (exact) mass is 366 g/mol. The average molecular weight is 366 g/mol. The van der Waals surface area contributed by atoms with Crippen molar-refractivity contribution in [3.8, 4) is 0 Å². The highest BCUT2D eigenvalue weighted by Crippen LogP contribution is 2.27. The number of alkyl halides is 1. The van der Waals surface area contributed by atoms with Gasteiger partial charge in [-0.3, -0.25) is 9.59 Å². The summed E-state index contributed by atoms with van der Waals surface area (Å²) in [4.78, 5) is 35.5. The molecule has 1 atom stereocenters. The highest BCUT2D eigenvalue weighted by molar-refractivity contribution is 6.45. The quantitative estimate of drug-likeness (QED) is 0.243. The Morgan fingerprint density at radius 2 is 1.62 bits per heavy atom. The van der Waals surface area contributed by atoms with E-state index in [1.54, 1.807) is 14.8 Å². The van der Waals surface area contributed by atoms with Crippen LogP contribution in [0, 0.1) is 0 Å². The summed E-state index contributed by atoms with van der Waals surface area (Å²) in [5.41, 5.74) is 1.44. The van der Waals surface area contributed by atoms with Crippen molar-refractivity contribution in [1.29, 1.82) is 0 Å². The summed E-state index contributed by atoms with van der Waals surface area (Å²) in [6, 6.07) is 0. The Morgan fingerprint density at radius 3 is 2.19 bits per heavy atom. The van der Waals surface area contributed by atoms with E-state index in [1.807, 2.05) is 0 Å². The number of halogens is 1. The van der Waals surface area contributed by atoms with Crippen LogP contribution >= 0.6 is 0 Å². The van der Waals surface area contributed by atoms with Gasteiger partial charge in [0, 0.05) is 16.6 Å². The first kappa shape index (κ1) is 22.1. The fourth-order valence-electron chi connectivity index (χ4n) is 3.12. The summed E-state index contributed by atoms with van der Waals surface area (Å²) in [6.07, 6.45) is 4.38. The molecule has 5 nitrogen and oxygen atoms in total. The molecule has 0 aromatic heterocycles. The smallest absolute Gasteiger partial charge is 0.340 e. The molecule has 0 aromatic carbocycles. The summed E-state index contributed by atoms with van der Waals surface area (Å²) >= 11 is 0. The van der Waals surface area contributed by atoms with Gasteiger partial charge in [-0.2, -0.15) is 0 Å². The topological polar surface area (TPSA) is 69.7 Å². The van der Waals surface area contributed by atoms with E-state index in [9.17, 15) is 18.8 Å². The molecule has 0 aromatic rings. The van der Waals surface area contributed by atoms with E-state index in [0.717, 1.165) is 32.1 Å². The lowest BCUT2D eigenvalue weighted by Crippen LogP contribution is -2.24. The Kier molecular flexibility index (Phi) is 9.31. The van der Waals surface area contributed by atoms with Crippen molar-refractivity contribution in [3.05, 3.63) is 22.4 Å². The van der Waals surface area contributed by atoms with E-state index < -0.39 is 12.1 Å². The fourth-order valence-corrected chi connectivity index (χ4v) is 3.12. The van der Waals surface area contributed by atoms with Gasteiger partial charge < -0.3 is 9.47 Å².